The molecule has 1 fully saturated rings. The normalized spacial score (nSPS) is 17.4. The van der Waals surface area contributed by atoms with Crippen LogP contribution in [0.2, 0.25) is 0 Å². The predicted molar refractivity (Wildman–Crippen MR) is 98.4 cm³/mol. The van der Waals surface area contributed by atoms with E-state index < -0.39 is 0 Å². The monoisotopic (exact) mass is 354 g/mol. The Labute approximate surface area is 154 Å². The van der Waals surface area contributed by atoms with E-state index in [9.17, 15) is 4.79 Å². The maximum Gasteiger partial charge on any atom is 0.253 e. The Bertz CT molecular complexity index is 791. The summed E-state index contributed by atoms with van der Waals surface area (Å²) in [4.78, 5) is 14.8. The molecule has 0 saturated carbocycles. The van der Waals surface area contributed by atoms with Crippen molar-refractivity contribution < 1.29 is 9.53 Å². The van der Waals surface area contributed by atoms with Gasteiger partial charge >= 0.3 is 0 Å². The fraction of sp³-hybridized carbons (Fsp3) is 0.550. The van der Waals surface area contributed by atoms with Gasteiger partial charge in [-0.15, -0.1) is 5.10 Å². The highest BCUT2D eigenvalue weighted by atomic mass is 16.5. The molecular formula is C20H26N4O2. The number of benzene rings is 1. The topological polar surface area (TPSA) is 60.2 Å². The van der Waals surface area contributed by atoms with Crippen molar-refractivity contribution in [2.45, 2.75) is 45.6 Å². The molecule has 2 aliphatic rings. The van der Waals surface area contributed by atoms with Crippen molar-refractivity contribution in [3.05, 3.63) is 41.2 Å². The van der Waals surface area contributed by atoms with Gasteiger partial charge < -0.3 is 9.64 Å². The summed E-state index contributed by atoms with van der Waals surface area (Å²) in [6.07, 6.45) is 5.76. The Balaban J connectivity index is 1.37. The van der Waals surface area contributed by atoms with E-state index in [1.807, 2.05) is 27.8 Å². The third kappa shape index (κ3) is 3.45. The fourth-order valence-electron chi connectivity index (χ4n) is 3.84. The van der Waals surface area contributed by atoms with Crippen LogP contribution in [0.1, 0.15) is 54.3 Å². The molecule has 2 aromatic rings. The van der Waals surface area contributed by atoms with Gasteiger partial charge in [0.25, 0.3) is 5.91 Å². The number of rotatable bonds is 4. The average molecular weight is 354 g/mol. The van der Waals surface area contributed by atoms with Gasteiger partial charge in [0.15, 0.2) is 0 Å². The zero-order valence-electron chi connectivity index (χ0n) is 15.5. The zero-order valence-corrected chi connectivity index (χ0v) is 15.5. The second-order valence-electron chi connectivity index (χ2n) is 7.73. The zero-order chi connectivity index (χ0) is 18.1. The van der Waals surface area contributed by atoms with Gasteiger partial charge in [0.05, 0.1) is 18.3 Å². The first kappa shape index (κ1) is 17.1. The Morgan fingerprint density at radius 2 is 2.12 bits per heavy atom. The third-order valence-electron chi connectivity index (χ3n) is 5.24. The van der Waals surface area contributed by atoms with Crippen LogP contribution in [0.4, 0.5) is 0 Å². The minimum absolute atomic E-state index is 0.122. The van der Waals surface area contributed by atoms with Crippen LogP contribution in [0.3, 0.4) is 0 Å². The van der Waals surface area contributed by atoms with Crippen molar-refractivity contribution >= 4 is 5.91 Å². The molecule has 1 aromatic carbocycles. The van der Waals surface area contributed by atoms with E-state index in [-0.39, 0.29) is 5.91 Å². The number of hydrogen-bond acceptors (Lipinski definition) is 4. The van der Waals surface area contributed by atoms with Crippen LogP contribution in [-0.2, 0) is 12.8 Å². The lowest BCUT2D eigenvalue weighted by atomic mass is 10.0. The van der Waals surface area contributed by atoms with Crippen LogP contribution < -0.4 is 4.74 Å². The van der Waals surface area contributed by atoms with Crippen LogP contribution in [0, 0.1) is 5.92 Å². The lowest BCUT2D eigenvalue weighted by Gasteiger charge is -2.32. The first-order valence-electron chi connectivity index (χ1n) is 9.56. The molecule has 26 heavy (non-hydrogen) atoms. The maximum absolute atomic E-state index is 12.8. The number of fused-ring (bicyclic) bond motifs is 1. The van der Waals surface area contributed by atoms with Crippen molar-refractivity contribution in [2.24, 2.45) is 5.92 Å². The van der Waals surface area contributed by atoms with Crippen LogP contribution in [0.5, 0.6) is 5.75 Å². The Hall–Kier alpha value is -2.37. The van der Waals surface area contributed by atoms with Gasteiger partial charge in [-0.25, -0.2) is 4.68 Å². The van der Waals surface area contributed by atoms with E-state index in [0.29, 0.717) is 12.0 Å². The summed E-state index contributed by atoms with van der Waals surface area (Å²) in [5.74, 6) is 1.62. The van der Waals surface area contributed by atoms with Crippen LogP contribution >= 0.6 is 0 Å². The molecule has 6 nitrogen and oxygen atoms in total. The van der Waals surface area contributed by atoms with Gasteiger partial charge in [0, 0.05) is 31.3 Å². The molecule has 1 aromatic heterocycles. The lowest BCUT2D eigenvalue weighted by molar-refractivity contribution is 0.0689. The molecule has 1 amide bonds. The number of carbonyl (C=O) groups is 1. The van der Waals surface area contributed by atoms with Gasteiger partial charge in [-0.1, -0.05) is 19.1 Å². The van der Waals surface area contributed by atoms with Gasteiger partial charge in [0.1, 0.15) is 5.75 Å². The van der Waals surface area contributed by atoms with E-state index in [1.54, 1.807) is 0 Å². The molecule has 0 spiro atoms. The van der Waals surface area contributed by atoms with Gasteiger partial charge in [0.2, 0.25) is 0 Å². The summed E-state index contributed by atoms with van der Waals surface area (Å²) in [5.41, 5.74) is 2.97. The number of nitrogens with zero attached hydrogens (tertiary/aromatic N) is 4. The highest BCUT2D eigenvalue weighted by Crippen LogP contribution is 2.28. The molecule has 1 saturated heterocycles. The van der Waals surface area contributed by atoms with Crippen molar-refractivity contribution in [1.82, 2.24) is 19.9 Å². The molecule has 0 radical (unpaired) electrons. The molecule has 0 unspecified atom stereocenters. The molecule has 3 heterocycles. The molecule has 2 aliphatic heterocycles. The van der Waals surface area contributed by atoms with Gasteiger partial charge in [-0.05, 0) is 48.9 Å². The standard InChI is InChI=1S/C20H26N4O2/c1-14(2)11-17-13-24(22-21-17)18-5-8-23(9-6-18)20(25)16-3-4-19-15(12-16)7-10-26-19/h3-4,12-14,18H,5-11H2,1-2H3. The predicted octanol–water partition coefficient (Wildman–Crippen LogP) is 2.89. The quantitative estimate of drug-likeness (QED) is 0.847. The largest absolute Gasteiger partial charge is 0.493 e. The number of likely N-dealkylation sites (tertiary alicyclic amines) is 1. The molecule has 138 valence electrons. The van der Waals surface area contributed by atoms with Crippen LogP contribution in [0.25, 0.3) is 0 Å². The van der Waals surface area contributed by atoms with Crippen LogP contribution in [0.15, 0.2) is 24.4 Å². The van der Waals surface area contributed by atoms with E-state index in [2.05, 4.69) is 30.4 Å². The summed E-state index contributed by atoms with van der Waals surface area (Å²) < 4.78 is 7.52. The van der Waals surface area contributed by atoms with E-state index in [1.165, 1.54) is 0 Å². The Kier molecular flexibility index (Phi) is 4.66. The minimum atomic E-state index is 0.122. The van der Waals surface area contributed by atoms with Crippen molar-refractivity contribution in [2.75, 3.05) is 19.7 Å². The summed E-state index contributed by atoms with van der Waals surface area (Å²) in [7, 11) is 0. The van der Waals surface area contributed by atoms with Gasteiger partial charge in [-0.2, -0.15) is 0 Å². The van der Waals surface area contributed by atoms with Crippen molar-refractivity contribution in [1.29, 1.82) is 0 Å². The number of hydrogen-bond donors (Lipinski definition) is 0. The highest BCUT2D eigenvalue weighted by Gasteiger charge is 2.26. The first-order valence-corrected chi connectivity index (χ1v) is 9.56. The number of ether oxygens (including phenoxy) is 1. The molecular weight excluding hydrogens is 328 g/mol. The Morgan fingerprint density at radius 3 is 2.88 bits per heavy atom. The maximum atomic E-state index is 12.8. The number of amides is 1. The number of carbonyl (C=O) groups excluding carboxylic acids is 1. The smallest absolute Gasteiger partial charge is 0.253 e. The van der Waals surface area contributed by atoms with E-state index >= 15 is 0 Å². The molecule has 0 aliphatic carbocycles. The molecule has 4 rings (SSSR count). The van der Waals surface area contributed by atoms with Gasteiger partial charge in [-0.3, -0.25) is 4.79 Å². The van der Waals surface area contributed by atoms with Crippen molar-refractivity contribution in [3.8, 4) is 5.75 Å². The molecule has 0 atom stereocenters. The van der Waals surface area contributed by atoms with E-state index in [4.69, 9.17) is 4.74 Å². The number of piperidine rings is 1. The highest BCUT2D eigenvalue weighted by molar-refractivity contribution is 5.94. The summed E-state index contributed by atoms with van der Waals surface area (Å²) in [6.45, 7) is 6.62. The SMILES string of the molecule is CC(C)Cc1cn(C2CCN(C(=O)c3ccc4c(c3)CCO4)CC2)nn1. The minimum Gasteiger partial charge on any atom is -0.493 e. The van der Waals surface area contributed by atoms with E-state index in [0.717, 1.165) is 68.0 Å². The second kappa shape index (κ2) is 7.09. The third-order valence-corrected chi connectivity index (χ3v) is 5.24. The molecule has 0 N–H and O–H groups in total. The number of aromatic nitrogens is 3. The summed E-state index contributed by atoms with van der Waals surface area (Å²) >= 11 is 0. The second-order valence-corrected chi connectivity index (χ2v) is 7.73. The molecule has 6 heteroatoms. The average Bonchev–Trinajstić information content (AvgIpc) is 3.29. The summed E-state index contributed by atoms with van der Waals surface area (Å²) in [6, 6.07) is 6.13. The molecule has 0 bridgehead atoms. The Morgan fingerprint density at radius 1 is 1.31 bits per heavy atom. The van der Waals surface area contributed by atoms with Crippen LogP contribution in [-0.4, -0.2) is 45.5 Å². The van der Waals surface area contributed by atoms with Crippen molar-refractivity contribution in [3.63, 3.8) is 0 Å². The first-order chi connectivity index (χ1) is 12.6. The fourth-order valence-corrected chi connectivity index (χ4v) is 3.84. The lowest BCUT2D eigenvalue weighted by Crippen LogP contribution is -2.39. The summed E-state index contributed by atoms with van der Waals surface area (Å²) in [5, 5.41) is 8.60.